The van der Waals surface area contributed by atoms with Gasteiger partial charge in [-0.15, -0.1) is 0 Å². The van der Waals surface area contributed by atoms with Crippen molar-refractivity contribution in [3.8, 4) is 5.75 Å². The van der Waals surface area contributed by atoms with Crippen LogP contribution in [0.2, 0.25) is 0 Å². The molecule has 17 heavy (non-hydrogen) atoms. The third-order valence-corrected chi connectivity index (χ3v) is 3.09. The summed E-state index contributed by atoms with van der Waals surface area (Å²) in [7, 11) is 0. The number of imidazole rings is 1. The molecule has 2 aromatic heterocycles. The minimum absolute atomic E-state index is 0.248. The highest BCUT2D eigenvalue weighted by atomic mass is 32.2. The van der Waals surface area contributed by atoms with E-state index in [0.717, 1.165) is 10.4 Å². The van der Waals surface area contributed by atoms with Gasteiger partial charge >= 0.3 is 0 Å². The van der Waals surface area contributed by atoms with Crippen LogP contribution in [0.1, 0.15) is 0 Å². The van der Waals surface area contributed by atoms with Gasteiger partial charge in [-0.25, -0.2) is 15.0 Å². The predicted molar refractivity (Wildman–Crippen MR) is 63.9 cm³/mol. The summed E-state index contributed by atoms with van der Waals surface area (Å²) in [6.07, 6.45) is 3.30. The number of H-pyrrole nitrogens is 1. The Labute approximate surface area is 101 Å². The van der Waals surface area contributed by atoms with Crippen LogP contribution in [0.25, 0.3) is 11.2 Å². The first-order valence-electron chi connectivity index (χ1n) is 4.94. The van der Waals surface area contributed by atoms with Gasteiger partial charge in [-0.3, -0.25) is 0 Å². The highest BCUT2D eigenvalue weighted by Gasteiger charge is 2.03. The minimum Gasteiger partial charge on any atom is -0.508 e. The summed E-state index contributed by atoms with van der Waals surface area (Å²) in [6, 6.07) is 6.90. The van der Waals surface area contributed by atoms with Gasteiger partial charge < -0.3 is 10.1 Å². The maximum Gasteiger partial charge on any atom is 0.194 e. The fraction of sp³-hybridized carbons (Fsp3) is 0. The molecule has 0 fully saturated rings. The lowest BCUT2D eigenvalue weighted by molar-refractivity contribution is 0.475. The van der Waals surface area contributed by atoms with E-state index in [0.29, 0.717) is 10.8 Å². The van der Waals surface area contributed by atoms with E-state index in [4.69, 9.17) is 0 Å². The highest BCUT2D eigenvalue weighted by Crippen LogP contribution is 2.26. The van der Waals surface area contributed by atoms with Crippen LogP contribution < -0.4 is 0 Å². The van der Waals surface area contributed by atoms with Crippen molar-refractivity contribution >= 4 is 22.9 Å². The largest absolute Gasteiger partial charge is 0.508 e. The summed E-state index contributed by atoms with van der Waals surface area (Å²) in [5.41, 5.74) is 1.47. The number of phenolic OH excluding ortho intramolecular Hbond substituents is 1. The molecule has 2 heterocycles. The molecule has 2 N–H and O–H groups in total. The zero-order chi connectivity index (χ0) is 11.7. The van der Waals surface area contributed by atoms with E-state index in [9.17, 15) is 5.11 Å². The van der Waals surface area contributed by atoms with E-state index in [1.54, 1.807) is 24.7 Å². The number of aromatic hydroxyl groups is 1. The molecule has 3 rings (SSSR count). The molecule has 6 heteroatoms. The average Bonchev–Trinajstić information content (AvgIpc) is 2.79. The number of nitrogens with zero attached hydrogens (tertiary/aromatic N) is 3. The fourth-order valence-corrected chi connectivity index (χ4v) is 2.11. The third-order valence-electron chi connectivity index (χ3n) is 2.20. The van der Waals surface area contributed by atoms with Gasteiger partial charge in [-0.1, -0.05) is 0 Å². The minimum atomic E-state index is 0.248. The summed E-state index contributed by atoms with van der Waals surface area (Å²) < 4.78 is 0. The van der Waals surface area contributed by atoms with Crippen molar-refractivity contribution in [1.29, 1.82) is 0 Å². The van der Waals surface area contributed by atoms with Crippen molar-refractivity contribution in [2.45, 2.75) is 10.1 Å². The quantitative estimate of drug-likeness (QED) is 0.676. The predicted octanol–water partition coefficient (Wildman–Crippen LogP) is 2.21. The van der Waals surface area contributed by atoms with Crippen molar-refractivity contribution in [1.82, 2.24) is 19.9 Å². The van der Waals surface area contributed by atoms with Crippen molar-refractivity contribution in [2.75, 3.05) is 0 Å². The Hall–Kier alpha value is -2.08. The Bertz CT molecular complexity index is 650. The Morgan fingerprint density at radius 2 is 1.94 bits per heavy atom. The molecule has 0 aliphatic rings. The Balaban J connectivity index is 1.91. The van der Waals surface area contributed by atoms with Crippen LogP contribution in [0.15, 0.2) is 46.8 Å². The van der Waals surface area contributed by atoms with E-state index in [1.165, 1.54) is 11.8 Å². The van der Waals surface area contributed by atoms with Gasteiger partial charge in [0.15, 0.2) is 10.8 Å². The number of fused-ring (bicyclic) bond motifs is 1. The van der Waals surface area contributed by atoms with Crippen LogP contribution in [0, 0.1) is 0 Å². The SMILES string of the molecule is Oc1ccc(Sc2ncc3[nH]cnc3n2)cc1. The van der Waals surface area contributed by atoms with Crippen molar-refractivity contribution in [3.63, 3.8) is 0 Å². The summed E-state index contributed by atoms with van der Waals surface area (Å²) in [5.74, 6) is 0.248. The number of hydrogen-bond donors (Lipinski definition) is 2. The van der Waals surface area contributed by atoms with Gasteiger partial charge in [0.2, 0.25) is 0 Å². The topological polar surface area (TPSA) is 74.7 Å². The summed E-state index contributed by atoms with van der Waals surface area (Å²) in [6.45, 7) is 0. The van der Waals surface area contributed by atoms with Crippen LogP contribution in [-0.4, -0.2) is 25.0 Å². The molecule has 5 nitrogen and oxygen atoms in total. The monoisotopic (exact) mass is 244 g/mol. The maximum atomic E-state index is 9.18. The number of nitrogens with one attached hydrogen (secondary N) is 1. The molecule has 0 amide bonds. The first-order chi connectivity index (χ1) is 8.31. The normalized spacial score (nSPS) is 10.8. The molecule has 84 valence electrons. The average molecular weight is 244 g/mol. The van der Waals surface area contributed by atoms with E-state index >= 15 is 0 Å². The van der Waals surface area contributed by atoms with Crippen LogP contribution in [0.4, 0.5) is 0 Å². The second-order valence-corrected chi connectivity index (χ2v) is 4.43. The first kappa shape index (κ1) is 10.1. The lowest BCUT2D eigenvalue weighted by atomic mass is 10.3. The van der Waals surface area contributed by atoms with Crippen LogP contribution >= 0.6 is 11.8 Å². The second kappa shape index (κ2) is 4.06. The number of benzene rings is 1. The van der Waals surface area contributed by atoms with E-state index in [2.05, 4.69) is 19.9 Å². The Kier molecular flexibility index (Phi) is 2.41. The third kappa shape index (κ3) is 2.07. The molecule has 0 saturated heterocycles. The van der Waals surface area contributed by atoms with Crippen molar-refractivity contribution in [2.24, 2.45) is 0 Å². The smallest absolute Gasteiger partial charge is 0.194 e. The summed E-state index contributed by atoms with van der Waals surface area (Å²) in [4.78, 5) is 16.5. The molecule has 0 aliphatic carbocycles. The van der Waals surface area contributed by atoms with Crippen LogP contribution in [-0.2, 0) is 0 Å². The molecule has 1 aromatic carbocycles. The molecule has 0 spiro atoms. The van der Waals surface area contributed by atoms with Crippen molar-refractivity contribution in [3.05, 3.63) is 36.8 Å². The second-order valence-electron chi connectivity index (χ2n) is 3.39. The Morgan fingerprint density at radius 1 is 1.12 bits per heavy atom. The molecular formula is C11H8N4OS. The summed E-state index contributed by atoms with van der Waals surface area (Å²) >= 11 is 1.43. The first-order valence-corrected chi connectivity index (χ1v) is 5.76. The number of rotatable bonds is 2. The van der Waals surface area contributed by atoms with Crippen molar-refractivity contribution < 1.29 is 5.11 Å². The summed E-state index contributed by atoms with van der Waals surface area (Å²) in [5, 5.41) is 9.82. The van der Waals surface area contributed by atoms with Gasteiger partial charge in [0.25, 0.3) is 0 Å². The molecular weight excluding hydrogens is 236 g/mol. The fourth-order valence-electron chi connectivity index (χ4n) is 1.39. The van der Waals surface area contributed by atoms with E-state index < -0.39 is 0 Å². The molecule has 0 unspecified atom stereocenters. The van der Waals surface area contributed by atoms with Crippen LogP contribution in [0.5, 0.6) is 5.75 Å². The number of aromatic nitrogens is 4. The molecule has 0 aliphatic heterocycles. The van der Waals surface area contributed by atoms with Crippen LogP contribution in [0.3, 0.4) is 0 Å². The van der Waals surface area contributed by atoms with Gasteiger partial charge in [0.05, 0.1) is 12.5 Å². The highest BCUT2D eigenvalue weighted by molar-refractivity contribution is 7.99. The van der Waals surface area contributed by atoms with E-state index in [-0.39, 0.29) is 5.75 Å². The maximum absolute atomic E-state index is 9.18. The lowest BCUT2D eigenvalue weighted by Gasteiger charge is -1.99. The lowest BCUT2D eigenvalue weighted by Crippen LogP contribution is -1.86. The number of hydrogen-bond acceptors (Lipinski definition) is 5. The molecule has 0 saturated carbocycles. The zero-order valence-corrected chi connectivity index (χ0v) is 9.48. The Morgan fingerprint density at radius 3 is 2.76 bits per heavy atom. The molecule has 3 aromatic rings. The van der Waals surface area contributed by atoms with Gasteiger partial charge in [-0.05, 0) is 36.0 Å². The standard InChI is InChI=1S/C11H8N4OS/c16-7-1-3-8(4-2-7)17-11-12-5-9-10(15-11)14-6-13-9/h1-6,16H,(H,12,13,14,15). The molecule has 0 atom stereocenters. The number of aromatic amines is 1. The van der Waals surface area contributed by atoms with Gasteiger partial charge in [0, 0.05) is 4.90 Å². The van der Waals surface area contributed by atoms with Gasteiger partial charge in [-0.2, -0.15) is 0 Å². The number of phenols is 1. The van der Waals surface area contributed by atoms with Gasteiger partial charge in [0.1, 0.15) is 11.3 Å². The molecule has 0 bridgehead atoms. The zero-order valence-electron chi connectivity index (χ0n) is 8.66. The van der Waals surface area contributed by atoms with E-state index in [1.807, 2.05) is 12.1 Å². The molecule has 0 radical (unpaired) electrons.